The van der Waals surface area contributed by atoms with Crippen LogP contribution in [0.25, 0.3) is 0 Å². The molecule has 0 radical (unpaired) electrons. The number of benzene rings is 2. The van der Waals surface area contributed by atoms with Gasteiger partial charge < -0.3 is 10.1 Å². The van der Waals surface area contributed by atoms with E-state index in [1.54, 1.807) is 6.07 Å². The van der Waals surface area contributed by atoms with Crippen LogP contribution in [0.1, 0.15) is 18.1 Å². The predicted molar refractivity (Wildman–Crippen MR) is 79.6 cm³/mol. The first-order chi connectivity index (χ1) is 9.69. The fourth-order valence-corrected chi connectivity index (χ4v) is 2.12. The Bertz CT molecular complexity index is 574. The van der Waals surface area contributed by atoms with E-state index in [9.17, 15) is 4.39 Å². The van der Waals surface area contributed by atoms with E-state index in [2.05, 4.69) is 5.32 Å². The van der Waals surface area contributed by atoms with E-state index in [0.717, 1.165) is 16.9 Å². The summed E-state index contributed by atoms with van der Waals surface area (Å²) in [6.45, 7) is 3.80. The van der Waals surface area contributed by atoms with Crippen molar-refractivity contribution in [3.05, 3.63) is 64.4 Å². The van der Waals surface area contributed by atoms with Crippen LogP contribution in [0.5, 0.6) is 5.75 Å². The zero-order chi connectivity index (χ0) is 14.4. The van der Waals surface area contributed by atoms with Crippen molar-refractivity contribution >= 4 is 11.6 Å². The summed E-state index contributed by atoms with van der Waals surface area (Å²) in [6.07, 6.45) is 0. The van der Waals surface area contributed by atoms with Gasteiger partial charge in [-0.05, 0) is 48.4 Å². The lowest BCUT2D eigenvalue weighted by molar-refractivity contribution is 0.340. The van der Waals surface area contributed by atoms with Gasteiger partial charge in [-0.15, -0.1) is 0 Å². The van der Waals surface area contributed by atoms with Crippen LogP contribution in [-0.4, -0.2) is 6.61 Å². The summed E-state index contributed by atoms with van der Waals surface area (Å²) >= 11 is 6.02. The first kappa shape index (κ1) is 14.8. The molecule has 0 aliphatic heterocycles. The molecule has 0 aliphatic rings. The van der Waals surface area contributed by atoms with E-state index in [-0.39, 0.29) is 5.82 Å². The van der Waals surface area contributed by atoms with Gasteiger partial charge >= 0.3 is 0 Å². The fourth-order valence-electron chi connectivity index (χ4n) is 1.93. The Morgan fingerprint density at radius 3 is 2.80 bits per heavy atom. The Labute approximate surface area is 123 Å². The smallest absolute Gasteiger partial charge is 0.123 e. The maximum Gasteiger partial charge on any atom is 0.123 e. The van der Waals surface area contributed by atoms with Crippen molar-refractivity contribution in [1.82, 2.24) is 5.32 Å². The topological polar surface area (TPSA) is 21.3 Å². The van der Waals surface area contributed by atoms with Crippen LogP contribution in [0.15, 0.2) is 42.5 Å². The van der Waals surface area contributed by atoms with Crippen molar-refractivity contribution in [3.8, 4) is 5.75 Å². The SMILES string of the molecule is CCOc1cccc(CNCc2cc(F)ccc2Cl)c1. The molecular weight excluding hydrogens is 277 g/mol. The molecule has 2 rings (SSSR count). The summed E-state index contributed by atoms with van der Waals surface area (Å²) in [7, 11) is 0. The van der Waals surface area contributed by atoms with Gasteiger partial charge in [0.15, 0.2) is 0 Å². The van der Waals surface area contributed by atoms with Gasteiger partial charge in [-0.2, -0.15) is 0 Å². The summed E-state index contributed by atoms with van der Waals surface area (Å²) < 4.78 is 18.6. The molecule has 0 atom stereocenters. The van der Waals surface area contributed by atoms with E-state index >= 15 is 0 Å². The van der Waals surface area contributed by atoms with Gasteiger partial charge in [-0.25, -0.2) is 4.39 Å². The molecule has 0 saturated heterocycles. The minimum atomic E-state index is -0.274. The van der Waals surface area contributed by atoms with Crippen molar-refractivity contribution in [2.45, 2.75) is 20.0 Å². The van der Waals surface area contributed by atoms with Crippen LogP contribution in [0.2, 0.25) is 5.02 Å². The van der Waals surface area contributed by atoms with E-state index < -0.39 is 0 Å². The molecule has 0 amide bonds. The lowest BCUT2D eigenvalue weighted by Crippen LogP contribution is -2.13. The van der Waals surface area contributed by atoms with E-state index in [0.29, 0.717) is 24.7 Å². The number of ether oxygens (including phenoxy) is 1. The van der Waals surface area contributed by atoms with Crippen LogP contribution in [-0.2, 0) is 13.1 Å². The second kappa shape index (κ2) is 7.27. The van der Waals surface area contributed by atoms with Gasteiger partial charge in [0.25, 0.3) is 0 Å². The quantitative estimate of drug-likeness (QED) is 0.863. The predicted octanol–water partition coefficient (Wildman–Crippen LogP) is 4.17. The molecule has 0 heterocycles. The molecule has 0 spiro atoms. The minimum Gasteiger partial charge on any atom is -0.494 e. The molecule has 0 unspecified atom stereocenters. The van der Waals surface area contributed by atoms with Crippen LogP contribution >= 0.6 is 11.6 Å². The highest BCUT2D eigenvalue weighted by Gasteiger charge is 2.02. The monoisotopic (exact) mass is 293 g/mol. The number of nitrogens with one attached hydrogen (secondary N) is 1. The van der Waals surface area contributed by atoms with Gasteiger partial charge in [0.2, 0.25) is 0 Å². The van der Waals surface area contributed by atoms with Crippen LogP contribution in [0.3, 0.4) is 0 Å². The van der Waals surface area contributed by atoms with Crippen molar-refractivity contribution in [1.29, 1.82) is 0 Å². The number of hydrogen-bond donors (Lipinski definition) is 1. The molecule has 2 aromatic carbocycles. The largest absolute Gasteiger partial charge is 0.494 e. The van der Waals surface area contributed by atoms with Crippen LogP contribution in [0.4, 0.5) is 4.39 Å². The number of rotatable bonds is 6. The van der Waals surface area contributed by atoms with Crippen LogP contribution < -0.4 is 10.1 Å². The number of hydrogen-bond acceptors (Lipinski definition) is 2. The van der Waals surface area contributed by atoms with Gasteiger partial charge in [0.1, 0.15) is 11.6 Å². The molecule has 0 bridgehead atoms. The Kier molecular flexibility index (Phi) is 5.39. The second-order valence-corrected chi connectivity index (χ2v) is 4.83. The summed E-state index contributed by atoms with van der Waals surface area (Å²) in [4.78, 5) is 0. The van der Waals surface area contributed by atoms with E-state index in [4.69, 9.17) is 16.3 Å². The summed E-state index contributed by atoms with van der Waals surface area (Å²) in [5, 5.41) is 3.82. The highest BCUT2D eigenvalue weighted by atomic mass is 35.5. The van der Waals surface area contributed by atoms with Crippen molar-refractivity contribution in [3.63, 3.8) is 0 Å². The average molecular weight is 294 g/mol. The van der Waals surface area contributed by atoms with E-state index in [1.165, 1.54) is 12.1 Å². The van der Waals surface area contributed by atoms with Crippen molar-refractivity contribution in [2.24, 2.45) is 0 Å². The summed E-state index contributed by atoms with van der Waals surface area (Å²) in [5.74, 6) is 0.583. The van der Waals surface area contributed by atoms with Gasteiger partial charge in [0, 0.05) is 18.1 Å². The molecule has 0 saturated carbocycles. The van der Waals surface area contributed by atoms with Crippen molar-refractivity contribution in [2.75, 3.05) is 6.61 Å². The zero-order valence-corrected chi connectivity index (χ0v) is 12.1. The van der Waals surface area contributed by atoms with Gasteiger partial charge in [-0.3, -0.25) is 0 Å². The van der Waals surface area contributed by atoms with Gasteiger partial charge in [0.05, 0.1) is 6.61 Å². The highest BCUT2D eigenvalue weighted by molar-refractivity contribution is 6.31. The average Bonchev–Trinajstić information content (AvgIpc) is 2.43. The maximum atomic E-state index is 13.1. The third kappa shape index (κ3) is 4.22. The Hall–Kier alpha value is -1.58. The fraction of sp³-hybridized carbons (Fsp3) is 0.250. The Morgan fingerprint density at radius 1 is 1.15 bits per heavy atom. The molecular formula is C16H17ClFNO. The Balaban J connectivity index is 1.92. The maximum absolute atomic E-state index is 13.1. The standard InChI is InChI=1S/C16H17ClFNO/c1-2-20-15-5-3-4-12(8-15)10-19-11-13-9-14(18)6-7-16(13)17/h3-9,19H,2,10-11H2,1H3. The third-order valence-electron chi connectivity index (χ3n) is 2.86. The van der Waals surface area contributed by atoms with E-state index in [1.807, 2.05) is 31.2 Å². The molecule has 106 valence electrons. The molecule has 0 aromatic heterocycles. The summed E-state index contributed by atoms with van der Waals surface area (Å²) in [6, 6.07) is 12.3. The molecule has 0 aliphatic carbocycles. The molecule has 4 heteroatoms. The molecule has 2 aromatic rings. The third-order valence-corrected chi connectivity index (χ3v) is 3.23. The molecule has 2 nitrogen and oxygen atoms in total. The van der Waals surface area contributed by atoms with Gasteiger partial charge in [-0.1, -0.05) is 23.7 Å². The second-order valence-electron chi connectivity index (χ2n) is 4.42. The molecule has 0 fully saturated rings. The Morgan fingerprint density at radius 2 is 2.00 bits per heavy atom. The lowest BCUT2D eigenvalue weighted by Gasteiger charge is -2.09. The lowest BCUT2D eigenvalue weighted by atomic mass is 10.2. The minimum absolute atomic E-state index is 0.274. The summed E-state index contributed by atoms with van der Waals surface area (Å²) in [5.41, 5.74) is 1.87. The zero-order valence-electron chi connectivity index (χ0n) is 11.3. The van der Waals surface area contributed by atoms with Crippen molar-refractivity contribution < 1.29 is 9.13 Å². The highest BCUT2D eigenvalue weighted by Crippen LogP contribution is 2.17. The first-order valence-corrected chi connectivity index (χ1v) is 6.93. The first-order valence-electron chi connectivity index (χ1n) is 6.55. The molecule has 1 N–H and O–H groups in total. The van der Waals surface area contributed by atoms with Crippen LogP contribution in [0, 0.1) is 5.82 Å². The molecule has 20 heavy (non-hydrogen) atoms. The number of halogens is 2. The normalized spacial score (nSPS) is 10.6.